The fraction of sp³-hybridized carbons (Fsp3) is 0.364. The fourth-order valence-electron chi connectivity index (χ4n) is 0.941. The Kier molecular flexibility index (Phi) is 5.37. The molecular weight excluding hydrogens is 176 g/mol. The molecule has 3 nitrogen and oxygen atoms in total. The third-order valence-corrected chi connectivity index (χ3v) is 1.81. The molecule has 0 bridgehead atoms. The van der Waals surface area contributed by atoms with E-state index in [2.05, 4.69) is 30.4 Å². The van der Waals surface area contributed by atoms with Crippen LogP contribution in [-0.2, 0) is 4.79 Å². The Labute approximate surface area is 85.6 Å². The lowest BCUT2D eigenvalue weighted by Crippen LogP contribution is -2.18. The molecule has 0 unspecified atom stereocenters. The molecule has 0 saturated carbocycles. The zero-order valence-corrected chi connectivity index (χ0v) is 8.94. The summed E-state index contributed by atoms with van der Waals surface area (Å²) in [5, 5.41) is 5.55. The Morgan fingerprint density at radius 2 is 1.79 bits per heavy atom. The fourth-order valence-corrected chi connectivity index (χ4v) is 0.941. The Bertz CT molecular complexity index is 266. The highest BCUT2D eigenvalue weighted by Crippen LogP contribution is 2.11. The smallest absolute Gasteiger partial charge is 0.220 e. The number of rotatable bonds is 6. The monoisotopic (exact) mass is 194 g/mol. The normalized spacial score (nSPS) is 9.00. The maximum Gasteiger partial charge on any atom is 0.220 e. The van der Waals surface area contributed by atoms with Crippen LogP contribution in [0, 0.1) is 0 Å². The van der Waals surface area contributed by atoms with E-state index in [1.54, 1.807) is 7.05 Å². The van der Waals surface area contributed by atoms with Crippen LogP contribution in [0.1, 0.15) is 19.8 Å². The molecular formula is C11H18N2O. The molecule has 0 aromatic carbocycles. The Morgan fingerprint density at radius 3 is 2.21 bits per heavy atom. The van der Waals surface area contributed by atoms with Gasteiger partial charge in [-0.3, -0.25) is 4.79 Å². The first-order valence-electron chi connectivity index (χ1n) is 4.47. The van der Waals surface area contributed by atoms with E-state index in [0.717, 1.165) is 17.7 Å². The van der Waals surface area contributed by atoms with Crippen LogP contribution in [0.2, 0.25) is 0 Å². The number of amides is 1. The first-order valence-corrected chi connectivity index (χ1v) is 4.47. The van der Waals surface area contributed by atoms with Crippen molar-refractivity contribution in [3.63, 3.8) is 0 Å². The summed E-state index contributed by atoms with van der Waals surface area (Å²) in [7, 11) is 1.80. The van der Waals surface area contributed by atoms with Gasteiger partial charge in [0.15, 0.2) is 0 Å². The summed E-state index contributed by atoms with van der Waals surface area (Å²) < 4.78 is 0. The highest BCUT2D eigenvalue weighted by Gasteiger charge is 2.01. The van der Waals surface area contributed by atoms with E-state index >= 15 is 0 Å². The molecule has 0 aromatic heterocycles. The van der Waals surface area contributed by atoms with E-state index in [0.29, 0.717) is 12.1 Å². The summed E-state index contributed by atoms with van der Waals surface area (Å²) in [6.45, 7) is 12.8. The second-order valence-electron chi connectivity index (χ2n) is 3.12. The van der Waals surface area contributed by atoms with Gasteiger partial charge < -0.3 is 10.6 Å². The van der Waals surface area contributed by atoms with Crippen molar-refractivity contribution >= 4 is 5.91 Å². The van der Waals surface area contributed by atoms with Crippen LogP contribution < -0.4 is 10.6 Å². The zero-order chi connectivity index (χ0) is 11.1. The minimum atomic E-state index is -0.0898. The minimum absolute atomic E-state index is 0.0898. The number of nitrogens with one attached hydrogen (secondary N) is 2. The molecule has 78 valence electrons. The SMILES string of the molecule is C=C(CCC(=C)C(=C)NC)NC(C)=O. The number of carbonyl (C=O) groups excluding carboxylic acids is 1. The van der Waals surface area contributed by atoms with Gasteiger partial charge in [0.1, 0.15) is 0 Å². The quantitative estimate of drug-likeness (QED) is 0.632. The van der Waals surface area contributed by atoms with Gasteiger partial charge in [-0.1, -0.05) is 19.7 Å². The van der Waals surface area contributed by atoms with Gasteiger partial charge in [-0.05, 0) is 18.4 Å². The van der Waals surface area contributed by atoms with Crippen LogP contribution in [0.4, 0.5) is 0 Å². The van der Waals surface area contributed by atoms with E-state index in [-0.39, 0.29) is 5.91 Å². The van der Waals surface area contributed by atoms with E-state index in [1.807, 2.05) is 0 Å². The summed E-state index contributed by atoms with van der Waals surface area (Å²) in [6.07, 6.45) is 1.44. The molecule has 2 N–H and O–H groups in total. The van der Waals surface area contributed by atoms with E-state index in [9.17, 15) is 4.79 Å². The van der Waals surface area contributed by atoms with E-state index < -0.39 is 0 Å². The summed E-state index contributed by atoms with van der Waals surface area (Å²) in [4.78, 5) is 10.7. The van der Waals surface area contributed by atoms with Crippen LogP contribution >= 0.6 is 0 Å². The molecule has 0 radical (unpaired) electrons. The van der Waals surface area contributed by atoms with Crippen molar-refractivity contribution in [3.8, 4) is 0 Å². The lowest BCUT2D eigenvalue weighted by atomic mass is 10.1. The molecule has 0 aromatic rings. The first kappa shape index (κ1) is 12.5. The second-order valence-corrected chi connectivity index (χ2v) is 3.12. The molecule has 0 heterocycles. The first-order chi connectivity index (χ1) is 6.47. The standard InChI is InChI=1S/C11H18N2O/c1-8(10(3)12-5)6-7-9(2)13-11(4)14/h12H,1-3,6-7H2,4-5H3,(H,13,14). The summed E-state index contributed by atoms with van der Waals surface area (Å²) in [5.41, 5.74) is 2.46. The molecule has 0 atom stereocenters. The Balaban J connectivity index is 3.83. The predicted molar refractivity (Wildman–Crippen MR) is 59.5 cm³/mol. The molecule has 14 heavy (non-hydrogen) atoms. The second kappa shape index (κ2) is 6.02. The zero-order valence-electron chi connectivity index (χ0n) is 8.94. The van der Waals surface area contributed by atoms with Crippen LogP contribution in [0.5, 0.6) is 0 Å². The molecule has 0 fully saturated rings. The topological polar surface area (TPSA) is 41.1 Å². The van der Waals surface area contributed by atoms with Gasteiger partial charge in [-0.25, -0.2) is 0 Å². The Morgan fingerprint density at radius 1 is 1.21 bits per heavy atom. The van der Waals surface area contributed by atoms with Gasteiger partial charge in [0, 0.05) is 25.4 Å². The Hall–Kier alpha value is -1.51. The van der Waals surface area contributed by atoms with Crippen molar-refractivity contribution in [2.24, 2.45) is 0 Å². The van der Waals surface area contributed by atoms with Gasteiger partial charge in [-0.2, -0.15) is 0 Å². The molecule has 0 rings (SSSR count). The maximum absolute atomic E-state index is 10.7. The molecule has 0 spiro atoms. The number of hydrogen-bond donors (Lipinski definition) is 2. The molecule has 0 aliphatic carbocycles. The third-order valence-electron chi connectivity index (χ3n) is 1.81. The average Bonchev–Trinajstić information content (AvgIpc) is 2.11. The van der Waals surface area contributed by atoms with Gasteiger partial charge in [0.05, 0.1) is 0 Å². The van der Waals surface area contributed by atoms with Crippen molar-refractivity contribution in [2.75, 3.05) is 7.05 Å². The predicted octanol–water partition coefficient (Wildman–Crippen LogP) is 1.71. The summed E-state index contributed by atoms with van der Waals surface area (Å²) in [5.74, 6) is -0.0898. The van der Waals surface area contributed by atoms with Crippen molar-refractivity contribution in [3.05, 3.63) is 36.7 Å². The minimum Gasteiger partial charge on any atom is -0.388 e. The van der Waals surface area contributed by atoms with Crippen molar-refractivity contribution in [1.82, 2.24) is 10.6 Å². The van der Waals surface area contributed by atoms with Crippen LogP contribution in [-0.4, -0.2) is 13.0 Å². The lowest BCUT2D eigenvalue weighted by Gasteiger charge is -2.10. The van der Waals surface area contributed by atoms with E-state index in [1.165, 1.54) is 6.92 Å². The largest absolute Gasteiger partial charge is 0.388 e. The molecule has 1 amide bonds. The van der Waals surface area contributed by atoms with Gasteiger partial charge in [-0.15, -0.1) is 0 Å². The number of allylic oxidation sites excluding steroid dienone is 2. The summed E-state index contributed by atoms with van der Waals surface area (Å²) in [6, 6.07) is 0. The van der Waals surface area contributed by atoms with Crippen molar-refractivity contribution in [1.29, 1.82) is 0 Å². The number of hydrogen-bond acceptors (Lipinski definition) is 2. The van der Waals surface area contributed by atoms with Gasteiger partial charge >= 0.3 is 0 Å². The molecule has 3 heteroatoms. The maximum atomic E-state index is 10.7. The third kappa shape index (κ3) is 5.19. The number of carbonyl (C=O) groups is 1. The molecule has 0 aliphatic rings. The van der Waals surface area contributed by atoms with Crippen LogP contribution in [0.3, 0.4) is 0 Å². The van der Waals surface area contributed by atoms with E-state index in [4.69, 9.17) is 0 Å². The van der Waals surface area contributed by atoms with Crippen LogP contribution in [0.15, 0.2) is 36.7 Å². The number of likely N-dealkylation sites (N-methyl/N-ethyl adjacent to an activating group) is 1. The summed E-state index contributed by atoms with van der Waals surface area (Å²) >= 11 is 0. The van der Waals surface area contributed by atoms with Crippen molar-refractivity contribution < 1.29 is 4.79 Å². The van der Waals surface area contributed by atoms with Gasteiger partial charge in [0.2, 0.25) is 5.91 Å². The molecule has 0 aliphatic heterocycles. The highest BCUT2D eigenvalue weighted by atomic mass is 16.1. The average molecular weight is 194 g/mol. The lowest BCUT2D eigenvalue weighted by molar-refractivity contribution is -0.118. The van der Waals surface area contributed by atoms with Gasteiger partial charge in [0.25, 0.3) is 0 Å². The van der Waals surface area contributed by atoms with Crippen LogP contribution in [0.25, 0.3) is 0 Å². The molecule has 0 saturated heterocycles. The highest BCUT2D eigenvalue weighted by molar-refractivity contribution is 5.74. The van der Waals surface area contributed by atoms with Crippen molar-refractivity contribution in [2.45, 2.75) is 19.8 Å².